The Hall–Kier alpha value is -1.30. The van der Waals surface area contributed by atoms with E-state index in [1.54, 1.807) is 19.0 Å². The standard InChI is InChI=1S/C9H17N3O3/c1-10-8(13)7-11(2)9(14)12-3-5-15-6-4-12/h3-7H2,1-2H3,(H,10,13). The van der Waals surface area contributed by atoms with E-state index < -0.39 is 0 Å². The van der Waals surface area contributed by atoms with Crippen LogP contribution in [0.1, 0.15) is 0 Å². The van der Waals surface area contributed by atoms with Gasteiger partial charge in [-0.15, -0.1) is 0 Å². The lowest BCUT2D eigenvalue weighted by Crippen LogP contribution is -2.49. The van der Waals surface area contributed by atoms with Crippen LogP contribution in [0.3, 0.4) is 0 Å². The molecule has 0 aromatic carbocycles. The number of amides is 3. The van der Waals surface area contributed by atoms with Crippen molar-refractivity contribution in [3.05, 3.63) is 0 Å². The third kappa shape index (κ3) is 3.39. The first-order valence-corrected chi connectivity index (χ1v) is 4.93. The van der Waals surface area contributed by atoms with Crippen molar-refractivity contribution in [1.82, 2.24) is 15.1 Å². The summed E-state index contributed by atoms with van der Waals surface area (Å²) in [5, 5.41) is 2.48. The number of hydrogen-bond acceptors (Lipinski definition) is 3. The Labute approximate surface area is 89.2 Å². The number of likely N-dealkylation sites (N-methyl/N-ethyl adjacent to an activating group) is 2. The largest absolute Gasteiger partial charge is 0.378 e. The van der Waals surface area contributed by atoms with E-state index in [4.69, 9.17) is 4.74 Å². The molecule has 6 nitrogen and oxygen atoms in total. The second-order valence-electron chi connectivity index (χ2n) is 3.41. The maximum absolute atomic E-state index is 11.8. The second-order valence-corrected chi connectivity index (χ2v) is 3.41. The summed E-state index contributed by atoms with van der Waals surface area (Å²) in [6.07, 6.45) is 0. The van der Waals surface area contributed by atoms with Gasteiger partial charge in [0.2, 0.25) is 5.91 Å². The van der Waals surface area contributed by atoms with E-state index in [9.17, 15) is 9.59 Å². The smallest absolute Gasteiger partial charge is 0.320 e. The Bertz CT molecular complexity index is 239. The number of nitrogens with zero attached hydrogens (tertiary/aromatic N) is 2. The molecule has 0 saturated carbocycles. The van der Waals surface area contributed by atoms with E-state index in [0.29, 0.717) is 26.3 Å². The molecule has 15 heavy (non-hydrogen) atoms. The second kappa shape index (κ2) is 5.55. The van der Waals surface area contributed by atoms with Gasteiger partial charge < -0.3 is 19.9 Å². The SMILES string of the molecule is CNC(=O)CN(C)C(=O)N1CCOCC1. The van der Waals surface area contributed by atoms with Crippen molar-refractivity contribution in [3.63, 3.8) is 0 Å². The third-order valence-corrected chi connectivity index (χ3v) is 2.27. The zero-order chi connectivity index (χ0) is 11.3. The fourth-order valence-corrected chi connectivity index (χ4v) is 1.36. The lowest BCUT2D eigenvalue weighted by molar-refractivity contribution is -0.121. The first-order chi connectivity index (χ1) is 7.15. The highest BCUT2D eigenvalue weighted by molar-refractivity contribution is 5.83. The van der Waals surface area contributed by atoms with E-state index in [-0.39, 0.29) is 18.5 Å². The summed E-state index contributed by atoms with van der Waals surface area (Å²) >= 11 is 0. The number of morpholine rings is 1. The molecule has 0 bridgehead atoms. The molecule has 1 aliphatic rings. The monoisotopic (exact) mass is 215 g/mol. The number of carbonyl (C=O) groups is 2. The molecule has 86 valence electrons. The van der Waals surface area contributed by atoms with Gasteiger partial charge in [-0.1, -0.05) is 0 Å². The molecule has 1 saturated heterocycles. The summed E-state index contributed by atoms with van der Waals surface area (Å²) < 4.78 is 5.14. The van der Waals surface area contributed by atoms with Gasteiger partial charge in [-0.2, -0.15) is 0 Å². The fourth-order valence-electron chi connectivity index (χ4n) is 1.36. The molecule has 0 atom stereocenters. The summed E-state index contributed by atoms with van der Waals surface area (Å²) in [5.74, 6) is -0.167. The summed E-state index contributed by atoms with van der Waals surface area (Å²) in [5.41, 5.74) is 0. The summed E-state index contributed by atoms with van der Waals surface area (Å²) in [4.78, 5) is 25.9. The molecule has 1 aliphatic heterocycles. The lowest BCUT2D eigenvalue weighted by Gasteiger charge is -2.30. The molecule has 1 N–H and O–H groups in total. The highest BCUT2D eigenvalue weighted by atomic mass is 16.5. The zero-order valence-electron chi connectivity index (χ0n) is 9.15. The number of ether oxygens (including phenoxy) is 1. The fraction of sp³-hybridized carbons (Fsp3) is 0.778. The van der Waals surface area contributed by atoms with Gasteiger partial charge in [0.1, 0.15) is 6.54 Å². The summed E-state index contributed by atoms with van der Waals surface area (Å²) in [6, 6.07) is -0.123. The average Bonchev–Trinajstić information content (AvgIpc) is 2.29. The molecule has 6 heteroatoms. The van der Waals surface area contributed by atoms with Crippen LogP contribution < -0.4 is 5.32 Å². The summed E-state index contributed by atoms with van der Waals surface area (Å²) in [6.45, 7) is 2.42. The van der Waals surface area contributed by atoms with Crippen LogP contribution in [0.25, 0.3) is 0 Å². The van der Waals surface area contributed by atoms with Crippen molar-refractivity contribution in [2.24, 2.45) is 0 Å². The maximum atomic E-state index is 11.8. The van der Waals surface area contributed by atoms with Gasteiger partial charge in [-0.05, 0) is 0 Å². The molecular formula is C9H17N3O3. The van der Waals surface area contributed by atoms with Crippen molar-refractivity contribution in [3.8, 4) is 0 Å². The van der Waals surface area contributed by atoms with Crippen LogP contribution in [0.15, 0.2) is 0 Å². The van der Waals surface area contributed by atoms with Crippen molar-refractivity contribution in [2.45, 2.75) is 0 Å². The molecule has 0 aromatic heterocycles. The predicted octanol–water partition coefficient (Wildman–Crippen LogP) is -0.884. The minimum Gasteiger partial charge on any atom is -0.378 e. The molecule has 1 rings (SSSR count). The van der Waals surface area contributed by atoms with Crippen molar-refractivity contribution >= 4 is 11.9 Å². The maximum Gasteiger partial charge on any atom is 0.320 e. The van der Waals surface area contributed by atoms with Crippen molar-refractivity contribution in [2.75, 3.05) is 46.9 Å². The van der Waals surface area contributed by atoms with E-state index in [0.717, 1.165) is 0 Å². The van der Waals surface area contributed by atoms with E-state index in [1.165, 1.54) is 4.90 Å². The predicted molar refractivity (Wildman–Crippen MR) is 54.5 cm³/mol. The average molecular weight is 215 g/mol. The Kier molecular flexibility index (Phi) is 4.36. The van der Waals surface area contributed by atoms with Gasteiger partial charge in [0.15, 0.2) is 0 Å². The van der Waals surface area contributed by atoms with Crippen LogP contribution in [-0.2, 0) is 9.53 Å². The molecule has 1 fully saturated rings. The quantitative estimate of drug-likeness (QED) is 0.650. The molecule has 0 aromatic rings. The Morgan fingerprint density at radius 2 is 2.00 bits per heavy atom. The number of rotatable bonds is 2. The Morgan fingerprint density at radius 3 is 2.53 bits per heavy atom. The first kappa shape index (κ1) is 11.8. The van der Waals surface area contributed by atoms with Gasteiger partial charge in [0, 0.05) is 27.2 Å². The topological polar surface area (TPSA) is 61.9 Å². The molecule has 0 spiro atoms. The Balaban J connectivity index is 2.40. The third-order valence-electron chi connectivity index (χ3n) is 2.27. The number of hydrogen-bond donors (Lipinski definition) is 1. The van der Waals surface area contributed by atoms with Gasteiger partial charge in [-0.3, -0.25) is 4.79 Å². The van der Waals surface area contributed by atoms with Gasteiger partial charge in [-0.25, -0.2) is 4.79 Å². The normalized spacial score (nSPS) is 16.0. The molecule has 1 heterocycles. The van der Waals surface area contributed by atoms with Crippen LogP contribution in [-0.4, -0.2) is 68.7 Å². The molecule has 3 amide bonds. The molecule has 0 aliphatic carbocycles. The number of nitrogens with one attached hydrogen (secondary N) is 1. The minimum absolute atomic E-state index is 0.0900. The van der Waals surface area contributed by atoms with Crippen molar-refractivity contribution < 1.29 is 14.3 Å². The first-order valence-electron chi connectivity index (χ1n) is 4.93. The van der Waals surface area contributed by atoms with E-state index >= 15 is 0 Å². The van der Waals surface area contributed by atoms with Crippen LogP contribution in [0, 0.1) is 0 Å². The van der Waals surface area contributed by atoms with Crippen molar-refractivity contribution in [1.29, 1.82) is 0 Å². The molecular weight excluding hydrogens is 198 g/mol. The molecule has 0 unspecified atom stereocenters. The number of carbonyl (C=O) groups excluding carboxylic acids is 2. The summed E-state index contributed by atoms with van der Waals surface area (Å²) in [7, 11) is 3.17. The van der Waals surface area contributed by atoms with Crippen LogP contribution >= 0.6 is 0 Å². The van der Waals surface area contributed by atoms with Crippen LogP contribution in [0.2, 0.25) is 0 Å². The highest BCUT2D eigenvalue weighted by Gasteiger charge is 2.21. The van der Waals surface area contributed by atoms with E-state index in [2.05, 4.69) is 5.32 Å². The molecule has 0 radical (unpaired) electrons. The van der Waals surface area contributed by atoms with Gasteiger partial charge >= 0.3 is 6.03 Å². The van der Waals surface area contributed by atoms with Gasteiger partial charge in [0.25, 0.3) is 0 Å². The lowest BCUT2D eigenvalue weighted by atomic mass is 10.4. The van der Waals surface area contributed by atoms with E-state index in [1.807, 2.05) is 0 Å². The number of urea groups is 1. The highest BCUT2D eigenvalue weighted by Crippen LogP contribution is 2.01. The van der Waals surface area contributed by atoms with Crippen LogP contribution in [0.4, 0.5) is 4.79 Å². The minimum atomic E-state index is -0.167. The van der Waals surface area contributed by atoms with Gasteiger partial charge in [0.05, 0.1) is 13.2 Å². The zero-order valence-corrected chi connectivity index (χ0v) is 9.15. The Morgan fingerprint density at radius 1 is 1.40 bits per heavy atom. The van der Waals surface area contributed by atoms with Crippen LogP contribution in [0.5, 0.6) is 0 Å².